The fourth-order valence-electron chi connectivity index (χ4n) is 2.41. The van der Waals surface area contributed by atoms with Crippen LogP contribution in [0.2, 0.25) is 0 Å². The summed E-state index contributed by atoms with van der Waals surface area (Å²) in [7, 11) is 0. The van der Waals surface area contributed by atoms with Gasteiger partial charge in [0, 0.05) is 11.7 Å². The zero-order valence-corrected chi connectivity index (χ0v) is 11.1. The molecule has 2 N–H and O–H groups in total. The molecule has 18 heavy (non-hydrogen) atoms. The number of hydrogen-bond donors (Lipinski definition) is 2. The zero-order valence-electron chi connectivity index (χ0n) is 11.1. The van der Waals surface area contributed by atoms with Crippen molar-refractivity contribution in [2.75, 3.05) is 5.32 Å². The van der Waals surface area contributed by atoms with Crippen LogP contribution in [0.5, 0.6) is 0 Å². The molecule has 98 valence electrons. The molecular formula is C15H21NO2. The molecule has 0 heterocycles. The van der Waals surface area contributed by atoms with Crippen molar-refractivity contribution >= 4 is 11.7 Å². The predicted molar refractivity (Wildman–Crippen MR) is 73.0 cm³/mol. The number of carboxylic acid groups (broad SMARTS) is 1. The summed E-state index contributed by atoms with van der Waals surface area (Å²) >= 11 is 0. The van der Waals surface area contributed by atoms with Gasteiger partial charge in [-0.1, -0.05) is 25.0 Å². The van der Waals surface area contributed by atoms with Gasteiger partial charge in [0.1, 0.15) is 0 Å². The van der Waals surface area contributed by atoms with E-state index in [4.69, 9.17) is 0 Å². The Morgan fingerprint density at radius 1 is 1.22 bits per heavy atom. The number of rotatable bonds is 4. The van der Waals surface area contributed by atoms with Gasteiger partial charge in [-0.15, -0.1) is 0 Å². The van der Waals surface area contributed by atoms with Crippen LogP contribution >= 0.6 is 0 Å². The lowest BCUT2D eigenvalue weighted by atomic mass is 9.85. The summed E-state index contributed by atoms with van der Waals surface area (Å²) in [5, 5.41) is 12.7. The number of aliphatic carboxylic acids is 1. The maximum absolute atomic E-state index is 11.2. The molecule has 1 fully saturated rings. The minimum atomic E-state index is -0.827. The van der Waals surface area contributed by atoms with Crippen LogP contribution in [0.25, 0.3) is 0 Å². The number of nitrogens with one attached hydrogen (secondary N) is 1. The molecule has 0 saturated heterocycles. The van der Waals surface area contributed by atoms with Crippen molar-refractivity contribution in [2.24, 2.45) is 0 Å². The lowest BCUT2D eigenvalue weighted by Gasteiger charge is -2.20. The molecule has 1 saturated carbocycles. The first-order chi connectivity index (χ1) is 8.50. The number of carboxylic acids is 1. The van der Waals surface area contributed by atoms with E-state index in [1.54, 1.807) is 13.8 Å². The van der Waals surface area contributed by atoms with Crippen molar-refractivity contribution in [1.29, 1.82) is 0 Å². The molecular weight excluding hydrogens is 226 g/mol. The van der Waals surface area contributed by atoms with Gasteiger partial charge in [0.25, 0.3) is 0 Å². The third-order valence-corrected chi connectivity index (χ3v) is 3.87. The second-order valence-electron chi connectivity index (χ2n) is 5.63. The minimum Gasteiger partial charge on any atom is -0.481 e. The van der Waals surface area contributed by atoms with Crippen LogP contribution < -0.4 is 5.32 Å². The quantitative estimate of drug-likeness (QED) is 0.857. The molecule has 0 aromatic heterocycles. The maximum Gasteiger partial charge on any atom is 0.313 e. The molecule has 0 spiro atoms. The zero-order chi connectivity index (χ0) is 13.2. The van der Waals surface area contributed by atoms with Gasteiger partial charge >= 0.3 is 5.97 Å². The van der Waals surface area contributed by atoms with Crippen LogP contribution in [-0.4, -0.2) is 17.1 Å². The first kappa shape index (κ1) is 12.9. The van der Waals surface area contributed by atoms with Gasteiger partial charge in [-0.3, -0.25) is 4.79 Å². The molecule has 1 aromatic carbocycles. The van der Waals surface area contributed by atoms with Crippen LogP contribution in [-0.2, 0) is 10.2 Å². The molecule has 2 rings (SSSR count). The Morgan fingerprint density at radius 3 is 2.28 bits per heavy atom. The van der Waals surface area contributed by atoms with E-state index in [2.05, 4.69) is 5.32 Å². The summed E-state index contributed by atoms with van der Waals surface area (Å²) < 4.78 is 0. The summed E-state index contributed by atoms with van der Waals surface area (Å²) in [4.78, 5) is 11.2. The standard InChI is InChI=1S/C15H21NO2/c1-15(2,14(17)18)11-7-9-13(10-8-11)16-12-5-3-4-6-12/h7-10,12,16H,3-6H2,1-2H3,(H,17,18). The number of carbonyl (C=O) groups is 1. The fraction of sp³-hybridized carbons (Fsp3) is 0.533. The molecule has 1 aliphatic carbocycles. The Labute approximate surface area is 108 Å². The summed E-state index contributed by atoms with van der Waals surface area (Å²) in [6.07, 6.45) is 5.09. The maximum atomic E-state index is 11.2. The van der Waals surface area contributed by atoms with E-state index in [9.17, 15) is 9.90 Å². The van der Waals surface area contributed by atoms with Gasteiger partial charge in [0.05, 0.1) is 5.41 Å². The predicted octanol–water partition coefficient (Wildman–Crippen LogP) is 3.40. The van der Waals surface area contributed by atoms with Gasteiger partial charge in [-0.25, -0.2) is 0 Å². The van der Waals surface area contributed by atoms with Crippen LogP contribution in [0.1, 0.15) is 45.1 Å². The molecule has 0 bridgehead atoms. The normalized spacial score (nSPS) is 16.8. The van der Waals surface area contributed by atoms with Crippen molar-refractivity contribution in [3.05, 3.63) is 29.8 Å². The lowest BCUT2D eigenvalue weighted by molar-refractivity contribution is -0.142. The Kier molecular flexibility index (Phi) is 3.60. The largest absolute Gasteiger partial charge is 0.481 e. The molecule has 1 aliphatic rings. The number of anilines is 1. The van der Waals surface area contributed by atoms with E-state index >= 15 is 0 Å². The van der Waals surface area contributed by atoms with Crippen molar-refractivity contribution in [2.45, 2.75) is 51.0 Å². The summed E-state index contributed by atoms with van der Waals surface area (Å²) in [5.74, 6) is -0.793. The van der Waals surface area contributed by atoms with E-state index < -0.39 is 11.4 Å². The van der Waals surface area contributed by atoms with Gasteiger partial charge < -0.3 is 10.4 Å². The number of hydrogen-bond acceptors (Lipinski definition) is 2. The minimum absolute atomic E-state index is 0.586. The Morgan fingerprint density at radius 2 is 1.78 bits per heavy atom. The number of benzene rings is 1. The highest BCUT2D eigenvalue weighted by Crippen LogP contribution is 2.26. The molecule has 0 unspecified atom stereocenters. The second kappa shape index (κ2) is 5.01. The average molecular weight is 247 g/mol. The van der Waals surface area contributed by atoms with Gasteiger partial charge in [-0.2, -0.15) is 0 Å². The van der Waals surface area contributed by atoms with E-state index in [1.165, 1.54) is 25.7 Å². The molecule has 1 aromatic rings. The van der Waals surface area contributed by atoms with E-state index in [0.717, 1.165) is 11.3 Å². The summed E-state index contributed by atoms with van der Waals surface area (Å²) in [6.45, 7) is 3.46. The van der Waals surface area contributed by atoms with Crippen LogP contribution in [0.3, 0.4) is 0 Å². The Bertz CT molecular complexity index is 417. The molecule has 0 radical (unpaired) electrons. The van der Waals surface area contributed by atoms with Gasteiger partial charge in [0.2, 0.25) is 0 Å². The van der Waals surface area contributed by atoms with Crippen LogP contribution in [0.15, 0.2) is 24.3 Å². The molecule has 3 nitrogen and oxygen atoms in total. The highest BCUT2D eigenvalue weighted by Gasteiger charge is 2.29. The second-order valence-corrected chi connectivity index (χ2v) is 5.63. The SMILES string of the molecule is CC(C)(C(=O)O)c1ccc(NC2CCCC2)cc1. The lowest BCUT2D eigenvalue weighted by Crippen LogP contribution is -2.28. The van der Waals surface area contributed by atoms with Crippen LogP contribution in [0, 0.1) is 0 Å². The van der Waals surface area contributed by atoms with E-state index in [-0.39, 0.29) is 0 Å². The highest BCUT2D eigenvalue weighted by atomic mass is 16.4. The smallest absolute Gasteiger partial charge is 0.313 e. The molecule has 0 atom stereocenters. The van der Waals surface area contributed by atoms with Crippen molar-refractivity contribution in [3.63, 3.8) is 0 Å². The average Bonchev–Trinajstić information content (AvgIpc) is 2.82. The van der Waals surface area contributed by atoms with Crippen molar-refractivity contribution in [1.82, 2.24) is 0 Å². The van der Waals surface area contributed by atoms with Crippen LogP contribution in [0.4, 0.5) is 5.69 Å². The van der Waals surface area contributed by atoms with Gasteiger partial charge in [0.15, 0.2) is 0 Å². The van der Waals surface area contributed by atoms with Crippen molar-refractivity contribution in [3.8, 4) is 0 Å². The third-order valence-electron chi connectivity index (χ3n) is 3.87. The first-order valence-corrected chi connectivity index (χ1v) is 6.60. The monoisotopic (exact) mass is 247 g/mol. The first-order valence-electron chi connectivity index (χ1n) is 6.60. The van der Waals surface area contributed by atoms with E-state index in [0.29, 0.717) is 6.04 Å². The molecule has 3 heteroatoms. The highest BCUT2D eigenvalue weighted by molar-refractivity contribution is 5.80. The Balaban J connectivity index is 2.07. The van der Waals surface area contributed by atoms with Gasteiger partial charge in [-0.05, 0) is 44.4 Å². The third kappa shape index (κ3) is 2.66. The summed E-state index contributed by atoms with van der Waals surface area (Å²) in [6, 6.07) is 8.37. The summed E-state index contributed by atoms with van der Waals surface area (Å²) in [5.41, 5.74) is 1.10. The molecule has 0 aliphatic heterocycles. The van der Waals surface area contributed by atoms with Crippen molar-refractivity contribution < 1.29 is 9.90 Å². The molecule has 0 amide bonds. The Hall–Kier alpha value is -1.51. The topological polar surface area (TPSA) is 49.3 Å². The fourth-order valence-corrected chi connectivity index (χ4v) is 2.41. The van der Waals surface area contributed by atoms with E-state index in [1.807, 2.05) is 24.3 Å².